The number of aryl methyl sites for hydroxylation is 1. The lowest BCUT2D eigenvalue weighted by Crippen LogP contribution is -1.88. The normalized spacial score (nSPS) is 10.0. The number of nitrogens with two attached hydrogens (primary N) is 1. The summed E-state index contributed by atoms with van der Waals surface area (Å²) in [5.41, 5.74) is 20.4. The lowest BCUT2D eigenvalue weighted by molar-refractivity contribution is 1.19. The summed E-state index contributed by atoms with van der Waals surface area (Å²) in [7, 11) is 0. The summed E-state index contributed by atoms with van der Waals surface area (Å²) in [6, 6.07) is 85.9. The molecule has 284 valence electrons. The summed E-state index contributed by atoms with van der Waals surface area (Å²) < 4.78 is 1.12. The molecule has 9 rings (SSSR count). The van der Waals surface area contributed by atoms with E-state index in [-0.39, 0.29) is 0 Å². The van der Waals surface area contributed by atoms with Crippen LogP contribution in [0.3, 0.4) is 0 Å². The van der Waals surface area contributed by atoms with Gasteiger partial charge in [0, 0.05) is 10.2 Å². The smallest absolute Gasteiger partial charge is 0.0314 e. The minimum atomic E-state index is 0.805. The van der Waals surface area contributed by atoms with Gasteiger partial charge in [-0.1, -0.05) is 246 Å². The quantitative estimate of drug-likeness (QED) is 0.166. The summed E-state index contributed by atoms with van der Waals surface area (Å²) in [6.07, 6.45) is 0.962. The molecule has 0 bridgehead atoms. The number of halogens is 1. The van der Waals surface area contributed by atoms with Crippen LogP contribution in [-0.2, 0) is 6.42 Å². The van der Waals surface area contributed by atoms with Gasteiger partial charge in [0.2, 0.25) is 0 Å². The minimum absolute atomic E-state index is 0.805. The highest BCUT2D eigenvalue weighted by atomic mass is 79.9. The van der Waals surface area contributed by atoms with E-state index in [1.807, 2.05) is 66.7 Å². The molecule has 0 atom stereocenters. The van der Waals surface area contributed by atoms with Crippen molar-refractivity contribution in [1.82, 2.24) is 0 Å². The Labute approximate surface area is 353 Å². The van der Waals surface area contributed by atoms with Gasteiger partial charge in [-0.25, -0.2) is 0 Å². The zero-order valence-electron chi connectivity index (χ0n) is 32.8. The summed E-state index contributed by atoms with van der Waals surface area (Å²) >= 11 is 3.42. The number of rotatable bonds is 6. The van der Waals surface area contributed by atoms with E-state index < -0.39 is 0 Å². The molecule has 0 unspecified atom stereocenters. The van der Waals surface area contributed by atoms with Crippen LogP contribution in [-0.4, -0.2) is 0 Å². The summed E-state index contributed by atoms with van der Waals surface area (Å²) in [4.78, 5) is 0. The Morgan fingerprint density at radius 3 is 0.810 bits per heavy atom. The molecule has 2 heteroatoms. The fourth-order valence-electron chi connectivity index (χ4n) is 6.24. The number of nitrogen functional groups attached to an aromatic ring is 1. The third-order valence-electron chi connectivity index (χ3n) is 9.44. The van der Waals surface area contributed by atoms with Gasteiger partial charge in [0.05, 0.1) is 0 Å². The van der Waals surface area contributed by atoms with Crippen LogP contribution in [0.5, 0.6) is 0 Å². The van der Waals surface area contributed by atoms with E-state index in [2.05, 4.69) is 205 Å². The van der Waals surface area contributed by atoms with Crippen molar-refractivity contribution in [3.05, 3.63) is 270 Å². The van der Waals surface area contributed by atoms with Gasteiger partial charge < -0.3 is 5.73 Å². The molecule has 0 saturated carbocycles. The summed E-state index contributed by atoms with van der Waals surface area (Å²) in [6.45, 7) is 2.08. The molecule has 9 aromatic carbocycles. The molecule has 1 nitrogen and oxygen atoms in total. The second-order valence-corrected chi connectivity index (χ2v) is 14.7. The van der Waals surface area contributed by atoms with E-state index in [0.29, 0.717) is 0 Å². The van der Waals surface area contributed by atoms with Crippen LogP contribution in [0.4, 0.5) is 5.69 Å². The Morgan fingerprint density at radius 1 is 0.293 bits per heavy atom. The Balaban J connectivity index is 0.000000145. The van der Waals surface area contributed by atoms with Gasteiger partial charge >= 0.3 is 0 Å². The molecule has 0 aliphatic rings. The predicted molar refractivity (Wildman–Crippen MR) is 254 cm³/mol. The molecular weight excluding hydrogens is 767 g/mol. The van der Waals surface area contributed by atoms with E-state index in [0.717, 1.165) is 16.6 Å². The molecule has 0 fully saturated rings. The second kappa shape index (κ2) is 22.1. The fourth-order valence-corrected chi connectivity index (χ4v) is 6.50. The van der Waals surface area contributed by atoms with Crippen molar-refractivity contribution < 1.29 is 0 Å². The van der Waals surface area contributed by atoms with Crippen LogP contribution >= 0.6 is 15.9 Å². The largest absolute Gasteiger partial charge is 0.399 e. The van der Waals surface area contributed by atoms with Crippen LogP contribution in [0.1, 0.15) is 16.7 Å². The first-order valence-corrected chi connectivity index (χ1v) is 20.3. The maximum absolute atomic E-state index is 5.60. The van der Waals surface area contributed by atoms with Crippen LogP contribution in [0, 0.1) is 6.92 Å². The molecule has 0 radical (unpaired) electrons. The van der Waals surface area contributed by atoms with Crippen LogP contribution in [0.25, 0.3) is 44.5 Å². The zero-order chi connectivity index (χ0) is 40.2. The van der Waals surface area contributed by atoms with Crippen molar-refractivity contribution in [3.63, 3.8) is 0 Å². The van der Waals surface area contributed by atoms with Gasteiger partial charge in [-0.2, -0.15) is 0 Å². The average Bonchev–Trinajstić information content (AvgIpc) is 3.30. The molecule has 9 aromatic rings. The highest BCUT2D eigenvalue weighted by Gasteiger charge is 2.02. The molecule has 0 aromatic heterocycles. The van der Waals surface area contributed by atoms with Gasteiger partial charge in [-0.3, -0.25) is 0 Å². The Morgan fingerprint density at radius 2 is 0.534 bits per heavy atom. The van der Waals surface area contributed by atoms with E-state index in [4.69, 9.17) is 5.73 Å². The van der Waals surface area contributed by atoms with E-state index in [1.165, 1.54) is 61.2 Å². The van der Waals surface area contributed by atoms with E-state index in [9.17, 15) is 0 Å². The molecule has 0 saturated heterocycles. The standard InChI is InChI=1S/C25H20.C12H9Br.C12H11N.C7H8/c1-3-7-22(8-4-1)24-15-11-20(12-16-24)19-21-13-17-25(18-14-21)23-9-5-2-6-10-23;2*13-12-8-6-11(7-9-12)10-4-2-1-3-5-10;1-7-5-3-2-4-6-7/h1-18H,19H2;1-9H;1-9H,13H2;2-6H,1H3. The molecule has 0 aliphatic heterocycles. The molecule has 0 amide bonds. The molecule has 2 N–H and O–H groups in total. The SMILES string of the molecule is Brc1ccc(-c2ccccc2)cc1.Cc1ccccc1.Nc1ccc(-c2ccccc2)cc1.c1ccc(-c2ccc(Cc3ccc(-c4ccccc4)cc3)cc2)cc1. The molecule has 0 heterocycles. The lowest BCUT2D eigenvalue weighted by atomic mass is 9.98. The van der Waals surface area contributed by atoms with Crippen molar-refractivity contribution >= 4 is 21.6 Å². The second-order valence-electron chi connectivity index (χ2n) is 13.8. The van der Waals surface area contributed by atoms with Gasteiger partial charge in [0.1, 0.15) is 0 Å². The van der Waals surface area contributed by atoms with E-state index in [1.54, 1.807) is 0 Å². The number of hydrogen-bond donors (Lipinski definition) is 1. The minimum Gasteiger partial charge on any atom is -0.399 e. The van der Waals surface area contributed by atoms with Crippen LogP contribution in [0.15, 0.2) is 253 Å². The van der Waals surface area contributed by atoms with Gasteiger partial charge in [0.15, 0.2) is 0 Å². The Hall–Kier alpha value is -6.74. The Bertz CT molecular complexity index is 2300. The van der Waals surface area contributed by atoms with Gasteiger partial charge in [-0.15, -0.1) is 0 Å². The third-order valence-corrected chi connectivity index (χ3v) is 9.97. The monoisotopic (exact) mass is 813 g/mol. The van der Waals surface area contributed by atoms with Crippen molar-refractivity contribution in [2.24, 2.45) is 0 Å². The van der Waals surface area contributed by atoms with Crippen molar-refractivity contribution in [2.75, 3.05) is 5.73 Å². The molecule has 0 spiro atoms. The molecule has 0 aliphatic carbocycles. The van der Waals surface area contributed by atoms with Gasteiger partial charge in [-0.05, 0) is 93.2 Å². The topological polar surface area (TPSA) is 26.0 Å². The number of hydrogen-bond acceptors (Lipinski definition) is 1. The fraction of sp³-hybridized carbons (Fsp3) is 0.0357. The summed E-state index contributed by atoms with van der Waals surface area (Å²) in [5.74, 6) is 0. The van der Waals surface area contributed by atoms with Crippen LogP contribution < -0.4 is 5.73 Å². The predicted octanol–water partition coefficient (Wildman–Crippen LogP) is 15.7. The third kappa shape index (κ3) is 13.2. The number of anilines is 1. The van der Waals surface area contributed by atoms with Crippen LogP contribution in [0.2, 0.25) is 0 Å². The summed E-state index contributed by atoms with van der Waals surface area (Å²) in [5, 5.41) is 0. The van der Waals surface area contributed by atoms with E-state index >= 15 is 0 Å². The maximum atomic E-state index is 5.60. The van der Waals surface area contributed by atoms with Crippen molar-refractivity contribution in [2.45, 2.75) is 13.3 Å². The first kappa shape index (κ1) is 40.9. The van der Waals surface area contributed by atoms with Crippen molar-refractivity contribution in [1.29, 1.82) is 0 Å². The molecular formula is C56H48BrN. The first-order chi connectivity index (χ1) is 28.5. The Kier molecular flexibility index (Phi) is 15.6. The maximum Gasteiger partial charge on any atom is 0.0314 e. The lowest BCUT2D eigenvalue weighted by Gasteiger charge is -2.07. The van der Waals surface area contributed by atoms with Gasteiger partial charge in [0.25, 0.3) is 0 Å². The average molecular weight is 815 g/mol. The van der Waals surface area contributed by atoms with Crippen molar-refractivity contribution in [3.8, 4) is 44.5 Å². The molecule has 58 heavy (non-hydrogen) atoms. The number of benzene rings is 9. The highest BCUT2D eigenvalue weighted by molar-refractivity contribution is 9.10. The first-order valence-electron chi connectivity index (χ1n) is 19.5. The zero-order valence-corrected chi connectivity index (χ0v) is 34.4. The highest BCUT2D eigenvalue weighted by Crippen LogP contribution is 2.24.